The largest absolute Gasteiger partial charge is 0.489 e. The van der Waals surface area contributed by atoms with Crippen molar-refractivity contribution in [2.24, 2.45) is 5.10 Å². The van der Waals surface area contributed by atoms with Gasteiger partial charge in [0.15, 0.2) is 0 Å². The summed E-state index contributed by atoms with van der Waals surface area (Å²) in [5, 5.41) is 3.89. The standard InChI is InChI=1S/C19H20N2O3/c1-23-15-19(22)21-20-14-17-11-5-6-12-18(17)24-13-7-10-16-8-3-2-4-9-16/h2-12,14H,13,15H2,1H3,(H,21,22)/b10-7+,20-14?. The van der Waals surface area contributed by atoms with Crippen LogP contribution in [0.4, 0.5) is 0 Å². The average molecular weight is 324 g/mol. The lowest BCUT2D eigenvalue weighted by atomic mass is 10.2. The summed E-state index contributed by atoms with van der Waals surface area (Å²) in [7, 11) is 1.45. The van der Waals surface area contributed by atoms with Gasteiger partial charge in [0, 0.05) is 12.7 Å². The van der Waals surface area contributed by atoms with Gasteiger partial charge >= 0.3 is 0 Å². The maximum atomic E-state index is 11.3. The summed E-state index contributed by atoms with van der Waals surface area (Å²) in [6.45, 7) is 0.412. The van der Waals surface area contributed by atoms with E-state index in [-0.39, 0.29) is 12.5 Å². The van der Waals surface area contributed by atoms with Crippen LogP contribution >= 0.6 is 0 Å². The van der Waals surface area contributed by atoms with Crippen molar-refractivity contribution in [3.8, 4) is 5.75 Å². The molecule has 1 amide bonds. The number of hydrogen-bond acceptors (Lipinski definition) is 4. The zero-order valence-corrected chi connectivity index (χ0v) is 13.5. The predicted octanol–water partition coefficient (Wildman–Crippen LogP) is 2.88. The smallest absolute Gasteiger partial charge is 0.266 e. The van der Waals surface area contributed by atoms with Gasteiger partial charge in [0.25, 0.3) is 5.91 Å². The summed E-state index contributed by atoms with van der Waals surface area (Å²) in [6, 6.07) is 17.5. The Morgan fingerprint density at radius 1 is 1.12 bits per heavy atom. The molecule has 124 valence electrons. The Morgan fingerprint density at radius 2 is 1.88 bits per heavy atom. The molecule has 0 heterocycles. The van der Waals surface area contributed by atoms with E-state index >= 15 is 0 Å². The van der Waals surface area contributed by atoms with Crippen LogP contribution in [0.5, 0.6) is 5.75 Å². The molecule has 24 heavy (non-hydrogen) atoms. The molecule has 0 unspecified atom stereocenters. The van der Waals surface area contributed by atoms with Gasteiger partial charge in [-0.05, 0) is 23.8 Å². The SMILES string of the molecule is COCC(=O)NN=Cc1ccccc1OC/C=C/c1ccccc1. The second-order valence-electron chi connectivity index (χ2n) is 4.89. The number of methoxy groups -OCH3 is 1. The highest BCUT2D eigenvalue weighted by molar-refractivity contribution is 5.85. The summed E-state index contributed by atoms with van der Waals surface area (Å²) >= 11 is 0. The number of nitrogens with one attached hydrogen (secondary N) is 1. The Kier molecular flexibility index (Phi) is 7.24. The zero-order valence-electron chi connectivity index (χ0n) is 13.5. The Bertz CT molecular complexity index is 697. The first-order valence-corrected chi connectivity index (χ1v) is 7.54. The number of benzene rings is 2. The molecule has 0 aliphatic rings. The lowest BCUT2D eigenvalue weighted by Crippen LogP contribution is -2.22. The van der Waals surface area contributed by atoms with Crippen LogP contribution in [-0.4, -0.2) is 32.4 Å². The maximum absolute atomic E-state index is 11.3. The third kappa shape index (κ3) is 6.06. The molecule has 5 nitrogen and oxygen atoms in total. The molecule has 0 aliphatic carbocycles. The molecule has 2 aromatic carbocycles. The molecule has 0 fully saturated rings. The van der Waals surface area contributed by atoms with E-state index in [4.69, 9.17) is 9.47 Å². The molecule has 2 rings (SSSR count). The van der Waals surface area contributed by atoms with E-state index in [1.165, 1.54) is 7.11 Å². The minimum absolute atomic E-state index is 0.0280. The molecule has 0 spiro atoms. The van der Waals surface area contributed by atoms with Crippen LogP contribution in [0.1, 0.15) is 11.1 Å². The van der Waals surface area contributed by atoms with Gasteiger partial charge in [-0.1, -0.05) is 48.5 Å². The van der Waals surface area contributed by atoms with E-state index in [1.807, 2.05) is 66.7 Å². The van der Waals surface area contributed by atoms with Crippen LogP contribution in [0.3, 0.4) is 0 Å². The molecule has 0 bridgehead atoms. The van der Waals surface area contributed by atoms with Crippen LogP contribution in [0, 0.1) is 0 Å². The zero-order chi connectivity index (χ0) is 17.0. The van der Waals surface area contributed by atoms with Crippen molar-refractivity contribution in [2.75, 3.05) is 20.3 Å². The molecule has 0 aliphatic heterocycles. The molecule has 0 atom stereocenters. The number of amides is 1. The molecule has 1 N–H and O–H groups in total. The monoisotopic (exact) mass is 324 g/mol. The molecule has 5 heteroatoms. The van der Waals surface area contributed by atoms with Gasteiger partial charge in [-0.15, -0.1) is 0 Å². The Morgan fingerprint density at radius 3 is 2.67 bits per heavy atom. The second kappa shape index (κ2) is 9.97. The van der Waals surface area contributed by atoms with Crippen LogP contribution in [0.15, 0.2) is 65.8 Å². The first-order chi connectivity index (χ1) is 11.8. The number of ether oxygens (including phenoxy) is 2. The molecule has 2 aromatic rings. The first kappa shape index (κ1) is 17.4. The van der Waals surface area contributed by atoms with E-state index in [0.29, 0.717) is 12.4 Å². The number of nitrogens with zero attached hydrogens (tertiary/aromatic N) is 1. The van der Waals surface area contributed by atoms with Crippen molar-refractivity contribution in [1.82, 2.24) is 5.43 Å². The molecule has 0 saturated carbocycles. The molecular formula is C19H20N2O3. The fraction of sp³-hybridized carbons (Fsp3) is 0.158. The van der Waals surface area contributed by atoms with Crippen molar-refractivity contribution in [3.63, 3.8) is 0 Å². The van der Waals surface area contributed by atoms with E-state index in [1.54, 1.807) is 6.21 Å². The molecule has 0 saturated heterocycles. The Labute approximate surface area is 141 Å². The Balaban J connectivity index is 1.90. The van der Waals surface area contributed by atoms with Crippen LogP contribution in [-0.2, 0) is 9.53 Å². The summed E-state index contributed by atoms with van der Waals surface area (Å²) in [5.74, 6) is 0.387. The third-order valence-electron chi connectivity index (χ3n) is 3.03. The highest BCUT2D eigenvalue weighted by atomic mass is 16.5. The van der Waals surface area contributed by atoms with Gasteiger partial charge in [0.05, 0.1) is 6.21 Å². The van der Waals surface area contributed by atoms with Crippen molar-refractivity contribution in [2.45, 2.75) is 0 Å². The number of hydrazone groups is 1. The number of carbonyl (C=O) groups excluding carboxylic acids is 1. The molecule has 0 radical (unpaired) electrons. The quantitative estimate of drug-likeness (QED) is 0.600. The minimum Gasteiger partial charge on any atom is -0.489 e. The van der Waals surface area contributed by atoms with Crippen molar-refractivity contribution in [1.29, 1.82) is 0 Å². The van der Waals surface area contributed by atoms with Crippen LogP contribution in [0.2, 0.25) is 0 Å². The average Bonchev–Trinajstić information content (AvgIpc) is 2.61. The highest BCUT2D eigenvalue weighted by Crippen LogP contribution is 2.15. The van der Waals surface area contributed by atoms with E-state index in [2.05, 4.69) is 10.5 Å². The van der Waals surface area contributed by atoms with Gasteiger partial charge in [0.1, 0.15) is 19.0 Å². The van der Waals surface area contributed by atoms with Gasteiger partial charge < -0.3 is 9.47 Å². The van der Waals surface area contributed by atoms with Crippen LogP contribution < -0.4 is 10.2 Å². The summed E-state index contributed by atoms with van der Waals surface area (Å²) in [6.07, 6.45) is 5.50. The normalized spacial score (nSPS) is 11.0. The summed E-state index contributed by atoms with van der Waals surface area (Å²) < 4.78 is 10.5. The second-order valence-corrected chi connectivity index (χ2v) is 4.89. The fourth-order valence-corrected chi connectivity index (χ4v) is 1.94. The predicted molar refractivity (Wildman–Crippen MR) is 95.0 cm³/mol. The van der Waals surface area contributed by atoms with E-state index in [9.17, 15) is 4.79 Å². The van der Waals surface area contributed by atoms with Gasteiger partial charge in [-0.3, -0.25) is 4.79 Å². The van der Waals surface area contributed by atoms with Crippen molar-refractivity contribution < 1.29 is 14.3 Å². The van der Waals surface area contributed by atoms with E-state index < -0.39 is 0 Å². The minimum atomic E-state index is -0.307. The van der Waals surface area contributed by atoms with Crippen molar-refractivity contribution >= 4 is 18.2 Å². The van der Waals surface area contributed by atoms with Gasteiger partial charge in [-0.25, -0.2) is 5.43 Å². The number of carbonyl (C=O) groups is 1. The summed E-state index contributed by atoms with van der Waals surface area (Å²) in [4.78, 5) is 11.3. The van der Waals surface area contributed by atoms with Gasteiger partial charge in [0.2, 0.25) is 0 Å². The lowest BCUT2D eigenvalue weighted by molar-refractivity contribution is -0.124. The van der Waals surface area contributed by atoms with E-state index in [0.717, 1.165) is 11.1 Å². The number of para-hydroxylation sites is 1. The molecular weight excluding hydrogens is 304 g/mol. The Hall–Kier alpha value is -2.92. The van der Waals surface area contributed by atoms with Crippen LogP contribution in [0.25, 0.3) is 6.08 Å². The lowest BCUT2D eigenvalue weighted by Gasteiger charge is -2.06. The van der Waals surface area contributed by atoms with Crippen molar-refractivity contribution in [3.05, 3.63) is 71.8 Å². The fourth-order valence-electron chi connectivity index (χ4n) is 1.94. The maximum Gasteiger partial charge on any atom is 0.266 e. The van der Waals surface area contributed by atoms with Gasteiger partial charge in [-0.2, -0.15) is 5.10 Å². The highest BCUT2D eigenvalue weighted by Gasteiger charge is 2.00. The first-order valence-electron chi connectivity index (χ1n) is 7.54. The molecule has 0 aromatic heterocycles. The number of rotatable bonds is 8. The number of hydrogen-bond donors (Lipinski definition) is 1. The third-order valence-corrected chi connectivity index (χ3v) is 3.03. The summed E-state index contributed by atoms with van der Waals surface area (Å²) in [5.41, 5.74) is 4.29. The topological polar surface area (TPSA) is 59.9 Å².